The maximum Gasteiger partial charge on any atom is 0.308 e. The van der Waals surface area contributed by atoms with Crippen molar-refractivity contribution >= 4 is 5.97 Å². The van der Waals surface area contributed by atoms with Crippen molar-refractivity contribution in [3.63, 3.8) is 0 Å². The topological polar surface area (TPSA) is 35.5 Å². The van der Waals surface area contributed by atoms with Crippen molar-refractivity contribution in [2.45, 2.75) is 25.6 Å². The van der Waals surface area contributed by atoms with E-state index in [9.17, 15) is 4.79 Å². The average Bonchev–Trinajstić information content (AvgIpc) is 2.13. The summed E-state index contributed by atoms with van der Waals surface area (Å²) in [5.74, 6) is -0.809. The lowest BCUT2D eigenvalue weighted by Gasteiger charge is -2.19. The SMILES string of the molecule is CO[C@@]1(C)CCC(=O)O1. The fraction of sp³-hybridized carbons (Fsp3) is 0.833. The molecule has 1 atom stereocenters. The Hall–Kier alpha value is -0.570. The van der Waals surface area contributed by atoms with Gasteiger partial charge in [0.1, 0.15) is 0 Å². The van der Waals surface area contributed by atoms with Crippen molar-refractivity contribution in [1.29, 1.82) is 0 Å². The quantitative estimate of drug-likeness (QED) is 0.490. The van der Waals surface area contributed by atoms with Crippen LogP contribution in [0.15, 0.2) is 0 Å². The standard InChI is InChI=1S/C6H10O3/c1-6(8-2)4-3-5(7)9-6/h3-4H2,1-2H3/t6-/m1/s1. The first-order valence-corrected chi connectivity index (χ1v) is 2.93. The zero-order valence-corrected chi connectivity index (χ0v) is 5.64. The molecule has 0 N–H and O–H groups in total. The molecule has 1 aliphatic rings. The van der Waals surface area contributed by atoms with Crippen molar-refractivity contribution in [3.05, 3.63) is 0 Å². The molecule has 3 nitrogen and oxygen atoms in total. The minimum atomic E-state index is -0.642. The van der Waals surface area contributed by atoms with E-state index in [1.165, 1.54) is 0 Å². The Labute approximate surface area is 53.9 Å². The van der Waals surface area contributed by atoms with Crippen LogP contribution in [0.5, 0.6) is 0 Å². The highest BCUT2D eigenvalue weighted by Crippen LogP contribution is 2.25. The lowest BCUT2D eigenvalue weighted by atomic mass is 10.2. The zero-order valence-electron chi connectivity index (χ0n) is 5.64. The van der Waals surface area contributed by atoms with Gasteiger partial charge < -0.3 is 9.47 Å². The van der Waals surface area contributed by atoms with Gasteiger partial charge in [-0.2, -0.15) is 0 Å². The molecule has 0 radical (unpaired) electrons. The molecule has 0 aliphatic carbocycles. The van der Waals surface area contributed by atoms with Crippen LogP contribution in [-0.4, -0.2) is 18.9 Å². The Balaban J connectivity index is 2.54. The summed E-state index contributed by atoms with van der Waals surface area (Å²) in [6.45, 7) is 1.76. The van der Waals surface area contributed by atoms with Crippen molar-refractivity contribution in [2.24, 2.45) is 0 Å². The van der Waals surface area contributed by atoms with Crippen molar-refractivity contribution in [1.82, 2.24) is 0 Å². The highest BCUT2D eigenvalue weighted by atomic mass is 16.7. The second-order valence-electron chi connectivity index (χ2n) is 2.31. The molecule has 1 saturated heterocycles. The molecule has 1 fully saturated rings. The Morgan fingerprint density at radius 1 is 1.78 bits per heavy atom. The largest absolute Gasteiger partial charge is 0.433 e. The number of methoxy groups -OCH3 is 1. The molecule has 0 saturated carbocycles. The van der Waals surface area contributed by atoms with Crippen LogP contribution >= 0.6 is 0 Å². The molecular formula is C6H10O3. The van der Waals surface area contributed by atoms with Crippen LogP contribution in [0.3, 0.4) is 0 Å². The Bertz CT molecular complexity index is 132. The van der Waals surface area contributed by atoms with E-state index in [2.05, 4.69) is 0 Å². The van der Waals surface area contributed by atoms with Crippen molar-refractivity contribution in [3.8, 4) is 0 Å². The van der Waals surface area contributed by atoms with E-state index < -0.39 is 5.79 Å². The Morgan fingerprint density at radius 3 is 2.67 bits per heavy atom. The second-order valence-corrected chi connectivity index (χ2v) is 2.31. The third kappa shape index (κ3) is 1.21. The van der Waals surface area contributed by atoms with E-state index in [-0.39, 0.29) is 5.97 Å². The molecule has 0 spiro atoms. The van der Waals surface area contributed by atoms with E-state index in [0.29, 0.717) is 12.8 Å². The van der Waals surface area contributed by atoms with Gasteiger partial charge in [0.2, 0.25) is 5.79 Å². The van der Waals surface area contributed by atoms with Crippen LogP contribution in [0, 0.1) is 0 Å². The molecule has 0 aromatic heterocycles. The number of hydrogen-bond donors (Lipinski definition) is 0. The molecule has 0 unspecified atom stereocenters. The van der Waals surface area contributed by atoms with Gasteiger partial charge in [-0.15, -0.1) is 0 Å². The lowest BCUT2D eigenvalue weighted by molar-refractivity contribution is -0.192. The third-order valence-corrected chi connectivity index (χ3v) is 1.54. The maximum absolute atomic E-state index is 10.5. The first-order chi connectivity index (χ1) is 4.16. The van der Waals surface area contributed by atoms with E-state index in [1.807, 2.05) is 0 Å². The summed E-state index contributed by atoms with van der Waals surface area (Å²) in [7, 11) is 1.54. The second kappa shape index (κ2) is 1.99. The molecule has 0 aromatic rings. The monoisotopic (exact) mass is 130 g/mol. The molecule has 1 rings (SSSR count). The fourth-order valence-corrected chi connectivity index (χ4v) is 0.816. The van der Waals surface area contributed by atoms with Gasteiger partial charge in [-0.3, -0.25) is 4.79 Å². The predicted molar refractivity (Wildman–Crippen MR) is 30.7 cm³/mol. The molecule has 0 amide bonds. The lowest BCUT2D eigenvalue weighted by Crippen LogP contribution is -2.25. The summed E-state index contributed by atoms with van der Waals surface area (Å²) in [5, 5.41) is 0. The first-order valence-electron chi connectivity index (χ1n) is 2.93. The van der Waals surface area contributed by atoms with Crippen LogP contribution in [-0.2, 0) is 14.3 Å². The number of ether oxygens (including phenoxy) is 2. The number of esters is 1. The first kappa shape index (κ1) is 6.55. The summed E-state index contributed by atoms with van der Waals surface area (Å²) in [4.78, 5) is 10.5. The van der Waals surface area contributed by atoms with Gasteiger partial charge >= 0.3 is 5.97 Å². The molecule has 1 aliphatic heterocycles. The van der Waals surface area contributed by atoms with Gasteiger partial charge in [-0.1, -0.05) is 0 Å². The van der Waals surface area contributed by atoms with Gasteiger partial charge in [0, 0.05) is 20.5 Å². The van der Waals surface area contributed by atoms with Crippen LogP contribution in [0.2, 0.25) is 0 Å². The maximum atomic E-state index is 10.5. The highest BCUT2D eigenvalue weighted by molar-refractivity contribution is 5.71. The Kier molecular flexibility index (Phi) is 1.45. The van der Waals surface area contributed by atoms with Crippen molar-refractivity contribution < 1.29 is 14.3 Å². The summed E-state index contributed by atoms with van der Waals surface area (Å²) in [6.07, 6.45) is 1.15. The van der Waals surface area contributed by atoms with Gasteiger partial charge in [-0.05, 0) is 0 Å². The minimum Gasteiger partial charge on any atom is -0.433 e. The van der Waals surface area contributed by atoms with Crippen LogP contribution in [0.4, 0.5) is 0 Å². The predicted octanol–water partition coefficient (Wildman–Crippen LogP) is 0.686. The highest BCUT2D eigenvalue weighted by Gasteiger charge is 2.35. The summed E-state index contributed by atoms with van der Waals surface area (Å²) in [6, 6.07) is 0. The number of carbonyl (C=O) groups is 1. The van der Waals surface area contributed by atoms with Crippen LogP contribution in [0.25, 0.3) is 0 Å². The molecule has 1 heterocycles. The van der Waals surface area contributed by atoms with E-state index in [0.717, 1.165) is 0 Å². The minimum absolute atomic E-state index is 0.167. The molecular weight excluding hydrogens is 120 g/mol. The molecule has 52 valence electrons. The van der Waals surface area contributed by atoms with Gasteiger partial charge in [0.05, 0.1) is 6.42 Å². The number of cyclic esters (lactones) is 1. The van der Waals surface area contributed by atoms with Gasteiger partial charge in [0.25, 0.3) is 0 Å². The van der Waals surface area contributed by atoms with Gasteiger partial charge in [-0.25, -0.2) is 0 Å². The molecule has 9 heavy (non-hydrogen) atoms. The number of rotatable bonds is 1. The summed E-state index contributed by atoms with van der Waals surface area (Å²) in [5.41, 5.74) is 0. The van der Waals surface area contributed by atoms with Crippen molar-refractivity contribution in [2.75, 3.05) is 7.11 Å². The van der Waals surface area contributed by atoms with Crippen LogP contribution < -0.4 is 0 Å². The smallest absolute Gasteiger partial charge is 0.308 e. The van der Waals surface area contributed by atoms with Crippen LogP contribution in [0.1, 0.15) is 19.8 Å². The summed E-state index contributed by atoms with van der Waals surface area (Å²) < 4.78 is 9.76. The van der Waals surface area contributed by atoms with Gasteiger partial charge in [0.15, 0.2) is 0 Å². The third-order valence-electron chi connectivity index (χ3n) is 1.54. The van der Waals surface area contributed by atoms with E-state index in [1.54, 1.807) is 14.0 Å². The fourth-order valence-electron chi connectivity index (χ4n) is 0.816. The number of hydrogen-bond acceptors (Lipinski definition) is 3. The zero-order chi connectivity index (χ0) is 6.91. The molecule has 3 heteroatoms. The average molecular weight is 130 g/mol. The molecule has 0 aromatic carbocycles. The van der Waals surface area contributed by atoms with E-state index in [4.69, 9.17) is 9.47 Å². The Morgan fingerprint density at radius 2 is 2.44 bits per heavy atom. The van der Waals surface area contributed by atoms with E-state index >= 15 is 0 Å². The normalized spacial score (nSPS) is 34.7. The summed E-state index contributed by atoms with van der Waals surface area (Å²) >= 11 is 0. The number of carbonyl (C=O) groups excluding carboxylic acids is 1. The molecule has 0 bridgehead atoms.